The molecular weight excluding hydrogens is 202 g/mol. The second-order valence-corrected chi connectivity index (χ2v) is 4.14. The number of rotatable bonds is 1. The Morgan fingerprint density at radius 2 is 2.23 bits per heavy atom. The molecule has 2 aromatic heterocycles. The molecule has 3 heteroatoms. The van der Waals surface area contributed by atoms with Crippen LogP contribution >= 0.6 is 22.9 Å². The smallest absolute Gasteiger partial charge is 0.0805 e. The van der Waals surface area contributed by atoms with Gasteiger partial charge in [0.15, 0.2) is 0 Å². The maximum absolute atomic E-state index is 5.83. The highest BCUT2D eigenvalue weighted by Crippen LogP contribution is 2.27. The first-order valence-corrected chi connectivity index (χ1v) is 5.19. The fourth-order valence-corrected chi connectivity index (χ4v) is 2.17. The lowest BCUT2D eigenvalue weighted by Gasteiger charge is -1.96. The lowest BCUT2D eigenvalue weighted by molar-refractivity contribution is 1.21. The summed E-state index contributed by atoms with van der Waals surface area (Å²) in [7, 11) is 0. The molecule has 2 rings (SSSR count). The molecule has 0 aliphatic carbocycles. The van der Waals surface area contributed by atoms with Crippen LogP contribution in [0.4, 0.5) is 0 Å². The largest absolute Gasteiger partial charge is 0.252 e. The minimum Gasteiger partial charge on any atom is -0.252 e. The Hall–Kier alpha value is -0.860. The van der Waals surface area contributed by atoms with Gasteiger partial charge in [0.05, 0.1) is 15.6 Å². The molecule has 0 fully saturated rings. The molecule has 1 nitrogen and oxygen atoms in total. The zero-order valence-corrected chi connectivity index (χ0v) is 8.69. The SMILES string of the molecule is Cc1cccc(-c2cc(Cl)cs2)n1. The minimum absolute atomic E-state index is 0.781. The fraction of sp³-hybridized carbons (Fsp3) is 0.100. The summed E-state index contributed by atoms with van der Waals surface area (Å²) in [5.41, 5.74) is 2.03. The van der Waals surface area contributed by atoms with Crippen LogP contribution in [0.15, 0.2) is 29.6 Å². The Morgan fingerprint density at radius 1 is 1.38 bits per heavy atom. The Labute approximate surface area is 86.0 Å². The van der Waals surface area contributed by atoms with E-state index in [1.807, 2.05) is 36.6 Å². The molecule has 66 valence electrons. The van der Waals surface area contributed by atoms with Crippen LogP contribution in [-0.2, 0) is 0 Å². The van der Waals surface area contributed by atoms with Crippen molar-refractivity contribution in [3.05, 3.63) is 40.4 Å². The van der Waals surface area contributed by atoms with E-state index in [9.17, 15) is 0 Å². The third-order valence-electron chi connectivity index (χ3n) is 1.71. The highest BCUT2D eigenvalue weighted by molar-refractivity contribution is 7.14. The van der Waals surface area contributed by atoms with Gasteiger partial charge in [0.1, 0.15) is 0 Å². The Kier molecular flexibility index (Phi) is 2.34. The highest BCUT2D eigenvalue weighted by Gasteiger charge is 2.01. The lowest BCUT2D eigenvalue weighted by Crippen LogP contribution is -1.82. The van der Waals surface area contributed by atoms with E-state index in [2.05, 4.69) is 4.98 Å². The van der Waals surface area contributed by atoms with Gasteiger partial charge < -0.3 is 0 Å². The van der Waals surface area contributed by atoms with E-state index in [1.54, 1.807) is 11.3 Å². The Balaban J connectivity index is 2.46. The summed E-state index contributed by atoms with van der Waals surface area (Å²) in [6, 6.07) is 7.92. The van der Waals surface area contributed by atoms with Crippen molar-refractivity contribution >= 4 is 22.9 Å². The summed E-state index contributed by atoms with van der Waals surface area (Å²) in [5, 5.41) is 2.70. The standard InChI is InChI=1S/C10H8ClNS/c1-7-3-2-4-9(12-7)10-5-8(11)6-13-10/h2-6H,1H3. The van der Waals surface area contributed by atoms with E-state index in [4.69, 9.17) is 11.6 Å². The van der Waals surface area contributed by atoms with Crippen LogP contribution in [0, 0.1) is 6.92 Å². The number of thiophene rings is 1. The van der Waals surface area contributed by atoms with E-state index < -0.39 is 0 Å². The van der Waals surface area contributed by atoms with Crippen molar-refractivity contribution in [1.29, 1.82) is 0 Å². The van der Waals surface area contributed by atoms with Gasteiger partial charge in [-0.2, -0.15) is 0 Å². The van der Waals surface area contributed by atoms with Gasteiger partial charge in [0.2, 0.25) is 0 Å². The van der Waals surface area contributed by atoms with Gasteiger partial charge in [0, 0.05) is 11.1 Å². The predicted octanol–water partition coefficient (Wildman–Crippen LogP) is 3.77. The molecule has 2 heterocycles. The van der Waals surface area contributed by atoms with Crippen molar-refractivity contribution in [1.82, 2.24) is 4.98 Å². The molecule has 0 aliphatic rings. The number of hydrogen-bond acceptors (Lipinski definition) is 2. The predicted molar refractivity (Wildman–Crippen MR) is 57.3 cm³/mol. The van der Waals surface area contributed by atoms with Gasteiger partial charge in [0.25, 0.3) is 0 Å². The van der Waals surface area contributed by atoms with Gasteiger partial charge in [-0.1, -0.05) is 17.7 Å². The molecule has 0 saturated heterocycles. The number of aromatic nitrogens is 1. The summed E-state index contributed by atoms with van der Waals surface area (Å²) < 4.78 is 0. The van der Waals surface area contributed by atoms with E-state index in [1.165, 1.54) is 0 Å². The first-order valence-electron chi connectivity index (χ1n) is 3.94. The van der Waals surface area contributed by atoms with Crippen LogP contribution in [0.5, 0.6) is 0 Å². The van der Waals surface area contributed by atoms with Gasteiger partial charge in [-0.15, -0.1) is 11.3 Å². The maximum Gasteiger partial charge on any atom is 0.0805 e. The molecule has 0 bridgehead atoms. The number of aryl methyl sites for hydroxylation is 1. The normalized spacial score (nSPS) is 10.3. The molecule has 13 heavy (non-hydrogen) atoms. The van der Waals surface area contributed by atoms with E-state index in [-0.39, 0.29) is 0 Å². The van der Waals surface area contributed by atoms with Crippen molar-refractivity contribution in [2.45, 2.75) is 6.92 Å². The van der Waals surface area contributed by atoms with Gasteiger partial charge in [-0.3, -0.25) is 4.98 Å². The second kappa shape index (κ2) is 3.48. The molecule has 0 unspecified atom stereocenters. The van der Waals surface area contributed by atoms with E-state index >= 15 is 0 Å². The van der Waals surface area contributed by atoms with Gasteiger partial charge >= 0.3 is 0 Å². The molecule has 0 saturated carbocycles. The molecule has 0 spiro atoms. The number of halogens is 1. The number of hydrogen-bond donors (Lipinski definition) is 0. The van der Waals surface area contributed by atoms with Crippen molar-refractivity contribution in [3.8, 4) is 10.6 Å². The van der Waals surface area contributed by atoms with Crippen molar-refractivity contribution in [2.75, 3.05) is 0 Å². The lowest BCUT2D eigenvalue weighted by atomic mass is 10.3. The first kappa shape index (κ1) is 8.73. The van der Waals surface area contributed by atoms with Gasteiger partial charge in [-0.25, -0.2) is 0 Å². The fourth-order valence-electron chi connectivity index (χ4n) is 1.13. The molecule has 0 aliphatic heterocycles. The highest BCUT2D eigenvalue weighted by atomic mass is 35.5. The second-order valence-electron chi connectivity index (χ2n) is 2.79. The summed E-state index contributed by atoms with van der Waals surface area (Å²) >= 11 is 7.45. The van der Waals surface area contributed by atoms with Crippen molar-refractivity contribution in [3.63, 3.8) is 0 Å². The zero-order chi connectivity index (χ0) is 9.26. The average molecular weight is 210 g/mol. The van der Waals surface area contributed by atoms with Crippen LogP contribution in [-0.4, -0.2) is 4.98 Å². The maximum atomic E-state index is 5.83. The van der Waals surface area contributed by atoms with E-state index in [0.717, 1.165) is 21.3 Å². The van der Waals surface area contributed by atoms with Crippen LogP contribution in [0.1, 0.15) is 5.69 Å². The van der Waals surface area contributed by atoms with Crippen LogP contribution in [0.25, 0.3) is 10.6 Å². The monoisotopic (exact) mass is 209 g/mol. The molecule has 0 atom stereocenters. The molecule has 0 radical (unpaired) electrons. The summed E-state index contributed by atoms with van der Waals surface area (Å²) in [6.07, 6.45) is 0. The summed E-state index contributed by atoms with van der Waals surface area (Å²) in [6.45, 7) is 1.98. The van der Waals surface area contributed by atoms with Crippen LogP contribution < -0.4 is 0 Å². The topological polar surface area (TPSA) is 12.9 Å². The Bertz CT molecular complexity index is 422. The summed E-state index contributed by atoms with van der Waals surface area (Å²) in [4.78, 5) is 5.53. The van der Waals surface area contributed by atoms with Crippen molar-refractivity contribution < 1.29 is 0 Å². The molecular formula is C10H8ClNS. The molecule has 2 aromatic rings. The third kappa shape index (κ3) is 1.90. The van der Waals surface area contributed by atoms with Crippen molar-refractivity contribution in [2.24, 2.45) is 0 Å². The molecule has 0 aromatic carbocycles. The van der Waals surface area contributed by atoms with E-state index in [0.29, 0.717) is 0 Å². The Morgan fingerprint density at radius 3 is 2.85 bits per heavy atom. The third-order valence-corrected chi connectivity index (χ3v) is 3.01. The minimum atomic E-state index is 0.781. The number of nitrogens with zero attached hydrogens (tertiary/aromatic N) is 1. The molecule has 0 N–H and O–H groups in total. The zero-order valence-electron chi connectivity index (χ0n) is 7.12. The number of pyridine rings is 1. The van der Waals surface area contributed by atoms with Gasteiger partial charge in [-0.05, 0) is 25.1 Å². The molecule has 0 amide bonds. The first-order chi connectivity index (χ1) is 6.25. The van der Waals surface area contributed by atoms with Crippen LogP contribution in [0.2, 0.25) is 5.02 Å². The summed E-state index contributed by atoms with van der Waals surface area (Å²) in [5.74, 6) is 0. The average Bonchev–Trinajstić information content (AvgIpc) is 2.52. The quantitative estimate of drug-likeness (QED) is 0.697. The van der Waals surface area contributed by atoms with Crippen LogP contribution in [0.3, 0.4) is 0 Å².